The molecular weight excluding hydrogens is 392 g/mol. The molecule has 0 radical (unpaired) electrons. The van der Waals surface area contributed by atoms with Gasteiger partial charge in [-0.05, 0) is 30.5 Å². The van der Waals surface area contributed by atoms with Gasteiger partial charge in [-0.25, -0.2) is 4.98 Å². The van der Waals surface area contributed by atoms with Crippen LogP contribution in [0.2, 0.25) is 0 Å². The zero-order valence-electron chi connectivity index (χ0n) is 18.4. The quantitative estimate of drug-likeness (QED) is 0.356. The Kier molecular flexibility index (Phi) is 5.42. The molecular formula is C28H26N4. The van der Waals surface area contributed by atoms with Crippen LogP contribution < -0.4 is 5.32 Å². The maximum atomic E-state index is 5.05. The molecule has 4 nitrogen and oxygen atoms in total. The molecule has 0 aliphatic carbocycles. The normalized spacial score (nSPS) is 11.1. The van der Waals surface area contributed by atoms with Crippen LogP contribution in [0.25, 0.3) is 16.8 Å². The highest BCUT2D eigenvalue weighted by Gasteiger charge is 2.20. The number of anilines is 1. The second-order valence-electron chi connectivity index (χ2n) is 8.09. The lowest BCUT2D eigenvalue weighted by molar-refractivity contribution is 0.878. The van der Waals surface area contributed by atoms with Crippen molar-refractivity contribution >= 4 is 11.5 Å². The molecule has 0 aliphatic heterocycles. The fourth-order valence-corrected chi connectivity index (χ4v) is 4.22. The Morgan fingerprint density at radius 1 is 0.719 bits per heavy atom. The summed E-state index contributed by atoms with van der Waals surface area (Å²) >= 11 is 0. The number of benzene rings is 3. The van der Waals surface area contributed by atoms with E-state index in [9.17, 15) is 0 Å². The van der Waals surface area contributed by atoms with Gasteiger partial charge in [0.1, 0.15) is 5.82 Å². The van der Waals surface area contributed by atoms with Crippen molar-refractivity contribution in [2.45, 2.75) is 26.8 Å². The van der Waals surface area contributed by atoms with Gasteiger partial charge in [0, 0.05) is 29.8 Å². The molecule has 2 aromatic heterocycles. The third-order valence-corrected chi connectivity index (χ3v) is 5.83. The molecule has 0 aliphatic rings. The first-order valence-electron chi connectivity index (χ1n) is 11.0. The maximum Gasteiger partial charge on any atom is 0.165 e. The van der Waals surface area contributed by atoms with Crippen molar-refractivity contribution in [3.05, 3.63) is 119 Å². The number of hydrogen-bond donors (Lipinski definition) is 1. The van der Waals surface area contributed by atoms with E-state index in [1.165, 1.54) is 16.7 Å². The van der Waals surface area contributed by atoms with Gasteiger partial charge in [0.15, 0.2) is 5.65 Å². The molecule has 5 rings (SSSR count). The number of rotatable bonds is 6. The van der Waals surface area contributed by atoms with Crippen LogP contribution in [0.3, 0.4) is 0 Å². The highest BCUT2D eigenvalue weighted by molar-refractivity contribution is 5.81. The third-order valence-electron chi connectivity index (χ3n) is 5.83. The van der Waals surface area contributed by atoms with E-state index in [0.717, 1.165) is 46.9 Å². The average molecular weight is 419 g/mol. The van der Waals surface area contributed by atoms with E-state index in [0.29, 0.717) is 0 Å². The van der Waals surface area contributed by atoms with E-state index >= 15 is 0 Å². The van der Waals surface area contributed by atoms with Crippen LogP contribution in [-0.2, 0) is 13.0 Å². The van der Waals surface area contributed by atoms with Gasteiger partial charge in [0.2, 0.25) is 0 Å². The summed E-state index contributed by atoms with van der Waals surface area (Å²) in [5.41, 5.74) is 8.76. The minimum Gasteiger partial charge on any atom is -0.366 e. The highest BCUT2D eigenvalue weighted by Crippen LogP contribution is 2.32. The molecule has 5 aromatic rings. The maximum absolute atomic E-state index is 5.05. The average Bonchev–Trinajstić information content (AvgIpc) is 3.16. The van der Waals surface area contributed by atoms with Crippen molar-refractivity contribution in [2.24, 2.45) is 0 Å². The Balaban J connectivity index is 1.67. The molecule has 0 unspecified atom stereocenters. The summed E-state index contributed by atoms with van der Waals surface area (Å²) in [7, 11) is 0. The lowest BCUT2D eigenvalue weighted by atomic mass is 10.0. The predicted octanol–water partition coefficient (Wildman–Crippen LogP) is 6.22. The summed E-state index contributed by atoms with van der Waals surface area (Å²) in [4.78, 5) is 5.05. The molecule has 0 fully saturated rings. The standard InChI is InChI=1S/C28H26N4/c1-20-25(18-22-12-6-3-7-13-22)27(29-19-23-14-8-4-9-15-23)32-28(30-20)26(21(2)31-32)24-16-10-5-11-17-24/h3-17,29H,18-19H2,1-2H3. The molecule has 0 atom stereocenters. The molecule has 0 saturated heterocycles. The Morgan fingerprint density at radius 2 is 1.31 bits per heavy atom. The van der Waals surface area contributed by atoms with E-state index in [2.05, 4.69) is 98.0 Å². The van der Waals surface area contributed by atoms with Gasteiger partial charge in [-0.15, -0.1) is 0 Å². The molecule has 158 valence electrons. The van der Waals surface area contributed by atoms with E-state index in [4.69, 9.17) is 10.1 Å². The number of nitrogens with one attached hydrogen (secondary N) is 1. The van der Waals surface area contributed by atoms with Gasteiger partial charge in [-0.2, -0.15) is 9.61 Å². The largest absolute Gasteiger partial charge is 0.366 e. The van der Waals surface area contributed by atoms with Gasteiger partial charge >= 0.3 is 0 Å². The number of aromatic nitrogens is 3. The number of fused-ring (bicyclic) bond motifs is 1. The predicted molar refractivity (Wildman–Crippen MR) is 131 cm³/mol. The van der Waals surface area contributed by atoms with Crippen LogP contribution in [-0.4, -0.2) is 14.6 Å². The topological polar surface area (TPSA) is 42.2 Å². The first kappa shape index (κ1) is 20.0. The van der Waals surface area contributed by atoms with Gasteiger partial charge in [0.05, 0.1) is 5.69 Å². The van der Waals surface area contributed by atoms with E-state index in [-0.39, 0.29) is 0 Å². The van der Waals surface area contributed by atoms with Crippen molar-refractivity contribution in [2.75, 3.05) is 5.32 Å². The van der Waals surface area contributed by atoms with Crippen LogP contribution in [0.5, 0.6) is 0 Å². The van der Waals surface area contributed by atoms with Crippen LogP contribution in [0.15, 0.2) is 91.0 Å². The molecule has 0 amide bonds. The zero-order chi connectivity index (χ0) is 21.9. The van der Waals surface area contributed by atoms with Gasteiger partial charge in [0.25, 0.3) is 0 Å². The zero-order valence-corrected chi connectivity index (χ0v) is 18.4. The Bertz CT molecular complexity index is 1340. The van der Waals surface area contributed by atoms with E-state index in [1.807, 2.05) is 16.6 Å². The SMILES string of the molecule is Cc1nc2c(-c3ccccc3)c(C)nn2c(NCc2ccccc2)c1Cc1ccccc1. The van der Waals surface area contributed by atoms with Crippen molar-refractivity contribution < 1.29 is 0 Å². The number of nitrogens with zero attached hydrogens (tertiary/aromatic N) is 3. The smallest absolute Gasteiger partial charge is 0.165 e. The first-order chi connectivity index (χ1) is 15.7. The summed E-state index contributed by atoms with van der Waals surface area (Å²) in [5.74, 6) is 1.01. The number of hydrogen-bond acceptors (Lipinski definition) is 3. The summed E-state index contributed by atoms with van der Waals surface area (Å²) in [6, 6.07) is 31.4. The molecule has 0 spiro atoms. The Labute approximate surface area is 188 Å². The van der Waals surface area contributed by atoms with Crippen LogP contribution in [0.1, 0.15) is 28.1 Å². The van der Waals surface area contributed by atoms with Crippen molar-refractivity contribution in [3.63, 3.8) is 0 Å². The Morgan fingerprint density at radius 3 is 1.97 bits per heavy atom. The fraction of sp³-hybridized carbons (Fsp3) is 0.143. The van der Waals surface area contributed by atoms with Crippen molar-refractivity contribution in [1.29, 1.82) is 0 Å². The molecule has 4 heteroatoms. The summed E-state index contributed by atoms with van der Waals surface area (Å²) in [5, 5.41) is 8.62. The van der Waals surface area contributed by atoms with Crippen LogP contribution >= 0.6 is 0 Å². The van der Waals surface area contributed by atoms with Crippen LogP contribution in [0, 0.1) is 13.8 Å². The number of aryl methyl sites for hydroxylation is 2. The van der Waals surface area contributed by atoms with E-state index in [1.54, 1.807) is 0 Å². The summed E-state index contributed by atoms with van der Waals surface area (Å²) in [6.07, 6.45) is 0.798. The minimum absolute atomic E-state index is 0.723. The Hall–Kier alpha value is -3.92. The summed E-state index contributed by atoms with van der Waals surface area (Å²) < 4.78 is 1.99. The minimum atomic E-state index is 0.723. The van der Waals surface area contributed by atoms with Gasteiger partial charge in [-0.3, -0.25) is 0 Å². The molecule has 2 heterocycles. The molecule has 3 aromatic carbocycles. The first-order valence-corrected chi connectivity index (χ1v) is 11.0. The van der Waals surface area contributed by atoms with Gasteiger partial charge < -0.3 is 5.32 Å². The van der Waals surface area contributed by atoms with Crippen molar-refractivity contribution in [1.82, 2.24) is 14.6 Å². The lowest BCUT2D eigenvalue weighted by Crippen LogP contribution is -2.12. The highest BCUT2D eigenvalue weighted by atomic mass is 15.3. The van der Waals surface area contributed by atoms with Gasteiger partial charge in [-0.1, -0.05) is 91.0 Å². The second-order valence-corrected chi connectivity index (χ2v) is 8.09. The second kappa shape index (κ2) is 8.67. The molecule has 32 heavy (non-hydrogen) atoms. The van der Waals surface area contributed by atoms with Crippen molar-refractivity contribution in [3.8, 4) is 11.1 Å². The molecule has 1 N–H and O–H groups in total. The third kappa shape index (κ3) is 3.87. The van der Waals surface area contributed by atoms with E-state index < -0.39 is 0 Å². The monoisotopic (exact) mass is 418 g/mol. The molecule has 0 saturated carbocycles. The summed E-state index contributed by atoms with van der Waals surface area (Å²) in [6.45, 7) is 4.88. The fourth-order valence-electron chi connectivity index (χ4n) is 4.22. The lowest BCUT2D eigenvalue weighted by Gasteiger charge is -2.16. The molecule has 0 bridgehead atoms. The van der Waals surface area contributed by atoms with Crippen LogP contribution in [0.4, 0.5) is 5.82 Å².